The highest BCUT2D eigenvalue weighted by Gasteiger charge is 2.24. The van der Waals surface area contributed by atoms with Gasteiger partial charge in [-0.25, -0.2) is 9.67 Å². The van der Waals surface area contributed by atoms with Gasteiger partial charge in [0.1, 0.15) is 5.02 Å². The molecule has 5 nitrogen and oxygen atoms in total. The average molecular weight is 395 g/mol. The fourth-order valence-corrected chi connectivity index (χ4v) is 4.53. The van der Waals surface area contributed by atoms with Crippen molar-refractivity contribution in [1.29, 1.82) is 0 Å². The Morgan fingerprint density at radius 3 is 2.72 bits per heavy atom. The predicted molar refractivity (Wildman–Crippen MR) is 102 cm³/mol. The minimum absolute atomic E-state index is 0.0287. The van der Waals surface area contributed by atoms with E-state index in [9.17, 15) is 4.79 Å². The summed E-state index contributed by atoms with van der Waals surface area (Å²) in [4.78, 5) is 19.1. The maximum atomic E-state index is 12.1. The monoisotopic (exact) mass is 394 g/mol. The summed E-state index contributed by atoms with van der Waals surface area (Å²) in [7, 11) is 0. The van der Waals surface area contributed by atoms with Gasteiger partial charge in [0.05, 0.1) is 33.1 Å². The lowest BCUT2D eigenvalue weighted by Gasteiger charge is -2.30. The lowest BCUT2D eigenvalue weighted by atomic mass is 9.98. The lowest BCUT2D eigenvalue weighted by Crippen LogP contribution is -2.38. The molecule has 25 heavy (non-hydrogen) atoms. The van der Waals surface area contributed by atoms with E-state index in [2.05, 4.69) is 28.2 Å². The molecule has 0 amide bonds. The molecular formula is C17H16Cl2N4OS. The highest BCUT2D eigenvalue weighted by Crippen LogP contribution is 2.33. The van der Waals surface area contributed by atoms with Crippen molar-refractivity contribution in [1.82, 2.24) is 19.7 Å². The van der Waals surface area contributed by atoms with E-state index >= 15 is 0 Å². The summed E-state index contributed by atoms with van der Waals surface area (Å²) in [5.41, 5.74) is 0.735. The normalized spacial score (nSPS) is 16.6. The van der Waals surface area contributed by atoms with Gasteiger partial charge in [0.2, 0.25) is 0 Å². The van der Waals surface area contributed by atoms with Gasteiger partial charge in [0.15, 0.2) is 0 Å². The van der Waals surface area contributed by atoms with Crippen molar-refractivity contribution in [3.05, 3.63) is 55.9 Å². The summed E-state index contributed by atoms with van der Waals surface area (Å²) in [5, 5.41) is 5.51. The highest BCUT2D eigenvalue weighted by atomic mass is 35.5. The number of fused-ring (bicyclic) bond motifs is 1. The molecule has 0 spiro atoms. The topological polar surface area (TPSA) is 51.0 Å². The van der Waals surface area contributed by atoms with Gasteiger partial charge in [-0.05, 0) is 25.0 Å². The zero-order valence-corrected chi connectivity index (χ0v) is 15.7. The van der Waals surface area contributed by atoms with Crippen LogP contribution in [0.25, 0.3) is 10.2 Å². The van der Waals surface area contributed by atoms with E-state index in [-0.39, 0.29) is 15.6 Å². The van der Waals surface area contributed by atoms with Crippen LogP contribution in [-0.4, -0.2) is 32.8 Å². The molecule has 4 rings (SSSR count). The number of para-hydroxylation sites is 1. The van der Waals surface area contributed by atoms with Crippen LogP contribution in [-0.2, 0) is 6.67 Å². The second-order valence-corrected chi connectivity index (χ2v) is 8.01. The first-order valence-corrected chi connectivity index (χ1v) is 9.68. The molecule has 3 heterocycles. The van der Waals surface area contributed by atoms with Crippen LogP contribution in [0.15, 0.2) is 35.3 Å². The van der Waals surface area contributed by atoms with Crippen molar-refractivity contribution >= 4 is 44.8 Å². The number of hydrogen-bond donors (Lipinski definition) is 0. The van der Waals surface area contributed by atoms with Crippen LogP contribution >= 0.6 is 34.5 Å². The van der Waals surface area contributed by atoms with E-state index in [1.54, 1.807) is 11.3 Å². The largest absolute Gasteiger partial charge is 0.288 e. The molecule has 3 aromatic rings. The number of benzene rings is 1. The van der Waals surface area contributed by atoms with Gasteiger partial charge in [0, 0.05) is 19.0 Å². The predicted octanol–water partition coefficient (Wildman–Crippen LogP) is 4.00. The second-order valence-electron chi connectivity index (χ2n) is 6.16. The van der Waals surface area contributed by atoms with E-state index in [0.717, 1.165) is 31.4 Å². The number of halogens is 2. The van der Waals surface area contributed by atoms with E-state index < -0.39 is 0 Å². The number of likely N-dealkylation sites (tertiary alicyclic amines) is 1. The van der Waals surface area contributed by atoms with Crippen molar-refractivity contribution in [2.45, 2.75) is 25.4 Å². The molecule has 8 heteroatoms. The van der Waals surface area contributed by atoms with Gasteiger partial charge >= 0.3 is 0 Å². The van der Waals surface area contributed by atoms with Gasteiger partial charge in [-0.3, -0.25) is 9.69 Å². The molecule has 0 radical (unpaired) electrons. The molecule has 130 valence electrons. The number of thiazole rings is 1. The Bertz CT molecular complexity index is 930. The Morgan fingerprint density at radius 2 is 1.96 bits per heavy atom. The quantitative estimate of drug-likeness (QED) is 0.673. The molecule has 0 unspecified atom stereocenters. The van der Waals surface area contributed by atoms with E-state index in [1.165, 1.54) is 20.6 Å². The van der Waals surface area contributed by atoms with Crippen LogP contribution < -0.4 is 5.56 Å². The Balaban J connectivity index is 1.43. The van der Waals surface area contributed by atoms with Crippen molar-refractivity contribution in [2.24, 2.45) is 0 Å². The summed E-state index contributed by atoms with van der Waals surface area (Å²) in [6, 6.07) is 8.26. The zero-order chi connectivity index (χ0) is 17.4. The van der Waals surface area contributed by atoms with Crippen LogP contribution in [0.2, 0.25) is 10.0 Å². The number of rotatable bonds is 3. The Labute approximate surface area is 158 Å². The molecule has 1 saturated heterocycles. The smallest absolute Gasteiger partial charge is 0.284 e. The standard InChI is InChI=1S/C17H16Cl2N4OS/c18-12-9-20-23(17(24)15(12)19)10-22-7-5-11(6-8-22)16-21-13-3-1-2-4-14(13)25-16/h1-4,9,11H,5-8,10H2. The molecule has 0 saturated carbocycles. The first-order valence-electron chi connectivity index (χ1n) is 8.11. The van der Waals surface area contributed by atoms with E-state index in [4.69, 9.17) is 28.2 Å². The average Bonchev–Trinajstić information content (AvgIpc) is 3.07. The Morgan fingerprint density at radius 1 is 1.20 bits per heavy atom. The number of hydrogen-bond acceptors (Lipinski definition) is 5. The summed E-state index contributed by atoms with van der Waals surface area (Å²) >= 11 is 13.5. The Kier molecular flexibility index (Phi) is 4.78. The SMILES string of the molecule is O=c1c(Cl)c(Cl)cnn1CN1CCC(c2nc3ccccc3s2)CC1. The molecule has 1 aliphatic rings. The summed E-state index contributed by atoms with van der Waals surface area (Å²) in [6.45, 7) is 2.23. The lowest BCUT2D eigenvalue weighted by molar-refractivity contribution is 0.158. The highest BCUT2D eigenvalue weighted by molar-refractivity contribution is 7.18. The first-order chi connectivity index (χ1) is 12.1. The zero-order valence-electron chi connectivity index (χ0n) is 13.4. The maximum Gasteiger partial charge on any atom is 0.288 e. The molecule has 0 aliphatic carbocycles. The molecule has 0 atom stereocenters. The third kappa shape index (κ3) is 3.44. The summed E-state index contributed by atoms with van der Waals surface area (Å²) in [6.07, 6.45) is 3.46. The van der Waals surface area contributed by atoms with Crippen LogP contribution in [0.5, 0.6) is 0 Å². The molecular weight excluding hydrogens is 379 g/mol. The molecule has 1 fully saturated rings. The minimum Gasteiger partial charge on any atom is -0.284 e. The molecule has 1 aliphatic heterocycles. The number of piperidine rings is 1. The third-order valence-electron chi connectivity index (χ3n) is 4.52. The second kappa shape index (κ2) is 7.03. The van der Waals surface area contributed by atoms with Crippen molar-refractivity contribution in [2.75, 3.05) is 13.1 Å². The fraction of sp³-hybridized carbons (Fsp3) is 0.353. The van der Waals surface area contributed by atoms with Crippen LogP contribution in [0.1, 0.15) is 23.8 Å². The molecule has 2 aromatic heterocycles. The van der Waals surface area contributed by atoms with Crippen molar-refractivity contribution in [3.8, 4) is 0 Å². The number of aromatic nitrogens is 3. The summed E-state index contributed by atoms with van der Waals surface area (Å²) in [5.74, 6) is 0.479. The maximum absolute atomic E-state index is 12.1. The van der Waals surface area contributed by atoms with Crippen molar-refractivity contribution in [3.63, 3.8) is 0 Å². The van der Waals surface area contributed by atoms with Crippen LogP contribution in [0.3, 0.4) is 0 Å². The third-order valence-corrected chi connectivity index (χ3v) is 6.47. The Hall–Kier alpha value is -1.47. The van der Waals surface area contributed by atoms with E-state index in [0.29, 0.717) is 12.6 Å². The molecule has 1 aromatic carbocycles. The van der Waals surface area contributed by atoms with Gasteiger partial charge in [-0.15, -0.1) is 11.3 Å². The van der Waals surface area contributed by atoms with E-state index in [1.807, 2.05) is 6.07 Å². The minimum atomic E-state index is -0.345. The molecule has 0 N–H and O–H groups in total. The first kappa shape index (κ1) is 17.0. The molecule has 0 bridgehead atoms. The van der Waals surface area contributed by atoms with Crippen molar-refractivity contribution < 1.29 is 0 Å². The van der Waals surface area contributed by atoms with Crippen LogP contribution in [0, 0.1) is 0 Å². The fourth-order valence-electron chi connectivity index (χ4n) is 3.12. The number of nitrogens with zero attached hydrogens (tertiary/aromatic N) is 4. The van der Waals surface area contributed by atoms with Gasteiger partial charge in [0.25, 0.3) is 5.56 Å². The van der Waals surface area contributed by atoms with Gasteiger partial charge < -0.3 is 0 Å². The van der Waals surface area contributed by atoms with Crippen LogP contribution in [0.4, 0.5) is 0 Å². The van der Waals surface area contributed by atoms with Gasteiger partial charge in [-0.1, -0.05) is 35.3 Å². The summed E-state index contributed by atoms with van der Waals surface area (Å²) < 4.78 is 2.61. The van der Waals surface area contributed by atoms with Gasteiger partial charge in [-0.2, -0.15) is 5.10 Å².